The summed E-state index contributed by atoms with van der Waals surface area (Å²) in [6.07, 6.45) is 0.753. The fraction of sp³-hybridized carbons (Fsp3) is 0.286. The molecule has 0 radical (unpaired) electrons. The number of sulfonamides is 1. The quantitative estimate of drug-likeness (QED) is 0.241. The van der Waals surface area contributed by atoms with Gasteiger partial charge in [0.1, 0.15) is 11.3 Å². The molecule has 0 bridgehead atoms. The van der Waals surface area contributed by atoms with Crippen LogP contribution in [0, 0.1) is 0 Å². The molecular formula is C28H33ClN4O4S2. The maximum Gasteiger partial charge on any atom is 0.260 e. The fourth-order valence-corrected chi connectivity index (χ4v) is 6.22. The van der Waals surface area contributed by atoms with E-state index in [0.29, 0.717) is 28.5 Å². The van der Waals surface area contributed by atoms with Gasteiger partial charge in [-0.3, -0.25) is 9.69 Å². The highest BCUT2D eigenvalue weighted by Crippen LogP contribution is 2.34. The lowest BCUT2D eigenvalue weighted by molar-refractivity contribution is 0.0986. The molecule has 11 heteroatoms. The third kappa shape index (κ3) is 7.14. The molecule has 0 saturated carbocycles. The van der Waals surface area contributed by atoms with Crippen LogP contribution in [-0.2, 0) is 16.6 Å². The van der Waals surface area contributed by atoms with Crippen molar-refractivity contribution in [3.05, 3.63) is 83.9 Å². The lowest BCUT2D eigenvalue weighted by Crippen LogP contribution is -2.33. The Hall–Kier alpha value is -3.02. The Morgan fingerprint density at radius 2 is 1.62 bits per heavy atom. The van der Waals surface area contributed by atoms with E-state index >= 15 is 0 Å². The number of para-hydroxylation sites is 1. The molecule has 1 heterocycles. The molecule has 1 amide bonds. The SMILES string of the molecule is COc1cccc2sc(N(CCCN(C)C)C(=O)c3ccc(S(=O)(=O)N(C)Cc4ccccc4)cc3)nc12.Cl. The van der Waals surface area contributed by atoms with E-state index < -0.39 is 10.0 Å². The van der Waals surface area contributed by atoms with Gasteiger partial charge in [-0.15, -0.1) is 12.4 Å². The standard InChI is InChI=1S/C28H32N4O4S2.ClH/c1-30(2)18-9-19-32(28-29-26-24(36-4)12-8-13-25(26)37-28)27(33)22-14-16-23(17-15-22)38(34,35)31(3)20-21-10-6-5-7-11-21;/h5-8,10-17H,9,18-20H2,1-4H3;1H. The van der Waals surface area contributed by atoms with E-state index in [0.717, 1.165) is 23.2 Å². The van der Waals surface area contributed by atoms with E-state index in [-0.39, 0.29) is 29.8 Å². The van der Waals surface area contributed by atoms with Crippen molar-refractivity contribution in [2.45, 2.75) is 17.9 Å². The van der Waals surface area contributed by atoms with Crippen LogP contribution >= 0.6 is 23.7 Å². The number of rotatable bonds is 11. The Balaban J connectivity index is 0.00000420. The van der Waals surface area contributed by atoms with Crippen molar-refractivity contribution >= 4 is 55.0 Å². The van der Waals surface area contributed by atoms with Gasteiger partial charge in [-0.05, 0) is 69.0 Å². The summed E-state index contributed by atoms with van der Waals surface area (Å²) < 4.78 is 34.0. The van der Waals surface area contributed by atoms with Crippen LogP contribution in [0.25, 0.3) is 10.2 Å². The molecule has 8 nitrogen and oxygen atoms in total. The van der Waals surface area contributed by atoms with E-state index in [1.807, 2.05) is 62.6 Å². The molecule has 0 aliphatic heterocycles. The van der Waals surface area contributed by atoms with Crippen molar-refractivity contribution in [1.82, 2.24) is 14.2 Å². The Morgan fingerprint density at radius 3 is 2.26 bits per heavy atom. The van der Waals surface area contributed by atoms with Gasteiger partial charge in [-0.25, -0.2) is 13.4 Å². The lowest BCUT2D eigenvalue weighted by atomic mass is 10.2. The summed E-state index contributed by atoms with van der Waals surface area (Å²) in [5.41, 5.74) is 2.00. The number of carbonyl (C=O) groups excluding carboxylic acids is 1. The molecule has 0 unspecified atom stereocenters. The Labute approximate surface area is 240 Å². The Bertz CT molecular complexity index is 1490. The van der Waals surface area contributed by atoms with Crippen LogP contribution in [-0.4, -0.2) is 69.9 Å². The number of benzene rings is 3. The Morgan fingerprint density at radius 1 is 0.923 bits per heavy atom. The Kier molecular flexibility index (Phi) is 10.5. The first kappa shape index (κ1) is 30.5. The number of fused-ring (bicyclic) bond motifs is 1. The van der Waals surface area contributed by atoms with E-state index in [9.17, 15) is 13.2 Å². The molecule has 1 aromatic heterocycles. The van der Waals surface area contributed by atoms with Gasteiger partial charge >= 0.3 is 0 Å². The maximum absolute atomic E-state index is 13.7. The number of nitrogens with zero attached hydrogens (tertiary/aromatic N) is 4. The highest BCUT2D eigenvalue weighted by Gasteiger charge is 2.25. The second-order valence-electron chi connectivity index (χ2n) is 9.19. The zero-order valence-electron chi connectivity index (χ0n) is 22.4. The van der Waals surface area contributed by atoms with Gasteiger partial charge in [0.05, 0.1) is 16.7 Å². The minimum atomic E-state index is -3.72. The number of carbonyl (C=O) groups is 1. The normalized spacial score (nSPS) is 11.5. The van der Waals surface area contributed by atoms with Gasteiger partial charge in [-0.2, -0.15) is 4.31 Å². The number of amides is 1. The van der Waals surface area contributed by atoms with E-state index in [1.54, 1.807) is 31.2 Å². The summed E-state index contributed by atoms with van der Waals surface area (Å²) in [7, 11) is 3.40. The second-order valence-corrected chi connectivity index (χ2v) is 12.2. The zero-order chi connectivity index (χ0) is 27.3. The molecule has 39 heavy (non-hydrogen) atoms. The molecule has 0 spiro atoms. The van der Waals surface area contributed by atoms with Crippen LogP contribution in [0.3, 0.4) is 0 Å². The molecule has 0 atom stereocenters. The van der Waals surface area contributed by atoms with Gasteiger partial charge in [0.25, 0.3) is 5.91 Å². The summed E-state index contributed by atoms with van der Waals surface area (Å²) in [5, 5.41) is 0.576. The van der Waals surface area contributed by atoms with Crippen molar-refractivity contribution < 1.29 is 17.9 Å². The molecule has 0 N–H and O–H groups in total. The highest BCUT2D eigenvalue weighted by atomic mass is 35.5. The smallest absolute Gasteiger partial charge is 0.260 e. The third-order valence-electron chi connectivity index (χ3n) is 6.11. The molecule has 0 fully saturated rings. The predicted octanol–water partition coefficient (Wildman–Crippen LogP) is 5.15. The number of hydrogen-bond acceptors (Lipinski definition) is 7. The summed E-state index contributed by atoms with van der Waals surface area (Å²) >= 11 is 1.43. The first-order valence-corrected chi connectivity index (χ1v) is 14.5. The molecule has 3 aromatic carbocycles. The second kappa shape index (κ2) is 13.4. The van der Waals surface area contributed by atoms with Gasteiger partial charge in [0.15, 0.2) is 5.13 Å². The average Bonchev–Trinajstić information content (AvgIpc) is 3.35. The van der Waals surface area contributed by atoms with Crippen molar-refractivity contribution in [3.63, 3.8) is 0 Å². The summed E-state index contributed by atoms with van der Waals surface area (Å²) in [6.45, 7) is 1.53. The van der Waals surface area contributed by atoms with Crippen LogP contribution in [0.15, 0.2) is 77.7 Å². The van der Waals surface area contributed by atoms with Crippen molar-refractivity contribution in [2.75, 3.05) is 46.2 Å². The van der Waals surface area contributed by atoms with E-state index in [1.165, 1.54) is 27.8 Å². The van der Waals surface area contributed by atoms with Crippen LogP contribution in [0.5, 0.6) is 5.75 Å². The third-order valence-corrected chi connectivity index (χ3v) is 8.97. The lowest BCUT2D eigenvalue weighted by Gasteiger charge is -2.21. The average molecular weight is 589 g/mol. The topological polar surface area (TPSA) is 83.0 Å². The molecular weight excluding hydrogens is 556 g/mol. The van der Waals surface area contributed by atoms with Crippen LogP contribution in [0.1, 0.15) is 22.3 Å². The molecule has 4 aromatic rings. The molecule has 4 rings (SSSR count). The number of ether oxygens (including phenoxy) is 1. The van der Waals surface area contributed by atoms with Gasteiger partial charge in [-0.1, -0.05) is 47.7 Å². The minimum Gasteiger partial charge on any atom is -0.494 e. The van der Waals surface area contributed by atoms with Crippen molar-refractivity contribution in [2.24, 2.45) is 0 Å². The first-order chi connectivity index (χ1) is 18.2. The first-order valence-electron chi connectivity index (χ1n) is 12.2. The number of hydrogen-bond donors (Lipinski definition) is 0. The molecule has 0 saturated heterocycles. The highest BCUT2D eigenvalue weighted by molar-refractivity contribution is 7.89. The van der Waals surface area contributed by atoms with Crippen molar-refractivity contribution in [3.8, 4) is 5.75 Å². The largest absolute Gasteiger partial charge is 0.494 e. The maximum atomic E-state index is 13.7. The molecule has 0 aliphatic rings. The van der Waals surface area contributed by atoms with Gasteiger partial charge in [0, 0.05) is 25.7 Å². The van der Waals surface area contributed by atoms with Gasteiger partial charge in [0.2, 0.25) is 10.0 Å². The van der Waals surface area contributed by atoms with E-state index in [2.05, 4.69) is 4.90 Å². The zero-order valence-corrected chi connectivity index (χ0v) is 24.9. The molecule has 0 aliphatic carbocycles. The van der Waals surface area contributed by atoms with Crippen LogP contribution in [0.4, 0.5) is 5.13 Å². The summed E-state index contributed by atoms with van der Waals surface area (Å²) in [5.74, 6) is 0.420. The molecule has 208 valence electrons. The van der Waals surface area contributed by atoms with Crippen LogP contribution in [0.2, 0.25) is 0 Å². The predicted molar refractivity (Wildman–Crippen MR) is 160 cm³/mol. The van der Waals surface area contributed by atoms with Gasteiger partial charge < -0.3 is 9.64 Å². The fourth-order valence-electron chi connectivity index (χ4n) is 4.05. The number of halogens is 1. The van der Waals surface area contributed by atoms with Crippen molar-refractivity contribution in [1.29, 1.82) is 0 Å². The summed E-state index contributed by atoms with van der Waals surface area (Å²) in [6, 6.07) is 21.2. The summed E-state index contributed by atoms with van der Waals surface area (Å²) in [4.78, 5) is 22.3. The number of thiazole rings is 1. The minimum absolute atomic E-state index is 0. The number of aromatic nitrogens is 1. The van der Waals surface area contributed by atoms with E-state index in [4.69, 9.17) is 9.72 Å². The number of anilines is 1. The number of methoxy groups -OCH3 is 1. The van der Waals surface area contributed by atoms with Crippen LogP contribution < -0.4 is 9.64 Å². The monoisotopic (exact) mass is 588 g/mol.